The molecule has 1 aliphatic heterocycles. The van der Waals surface area contributed by atoms with E-state index < -0.39 is 0 Å². The normalized spacial score (nSPS) is 12.1. The lowest BCUT2D eigenvalue weighted by Gasteiger charge is -2.18. The first kappa shape index (κ1) is 28.6. The first-order valence-corrected chi connectivity index (χ1v) is 16.4. The summed E-state index contributed by atoms with van der Waals surface area (Å²) in [6, 6.07) is 61.5. The summed E-state index contributed by atoms with van der Waals surface area (Å²) in [5.41, 5.74) is 19.4. The average Bonchev–Trinajstić information content (AvgIpc) is 3.62. The van der Waals surface area contributed by atoms with E-state index in [1.54, 1.807) is 0 Å². The molecule has 0 spiro atoms. The van der Waals surface area contributed by atoms with Crippen LogP contribution in [0.25, 0.3) is 66.9 Å². The van der Waals surface area contributed by atoms with Crippen molar-refractivity contribution in [1.82, 2.24) is 15.5 Å². The van der Waals surface area contributed by atoms with Crippen LogP contribution in [0.3, 0.4) is 0 Å². The highest BCUT2D eigenvalue weighted by atomic mass is 15.7. The van der Waals surface area contributed by atoms with Gasteiger partial charge in [-0.25, -0.2) is 9.97 Å². The minimum Gasteiger partial charge on any atom is -0.301 e. The fourth-order valence-corrected chi connectivity index (χ4v) is 6.56. The van der Waals surface area contributed by atoms with Gasteiger partial charge in [-0.15, -0.1) is 5.53 Å². The molecule has 0 aliphatic carbocycles. The van der Waals surface area contributed by atoms with Gasteiger partial charge in [0.05, 0.1) is 28.5 Å². The van der Waals surface area contributed by atoms with E-state index >= 15 is 0 Å². The quantitative estimate of drug-likeness (QED) is 0.192. The summed E-state index contributed by atoms with van der Waals surface area (Å²) in [6.07, 6.45) is 0. The van der Waals surface area contributed by atoms with E-state index in [1.807, 2.05) is 48.5 Å². The van der Waals surface area contributed by atoms with Crippen LogP contribution in [0.15, 0.2) is 176 Å². The molecule has 0 saturated carbocycles. The maximum absolute atomic E-state index is 5.01. The molecule has 7 aromatic carbocycles. The fourth-order valence-electron chi connectivity index (χ4n) is 6.56. The van der Waals surface area contributed by atoms with Crippen LogP contribution in [0.5, 0.6) is 0 Å². The number of benzene rings is 7. The third kappa shape index (κ3) is 5.48. The summed E-state index contributed by atoms with van der Waals surface area (Å²) in [7, 11) is 0. The van der Waals surface area contributed by atoms with Crippen LogP contribution in [0, 0.1) is 0 Å². The number of hydrogen-bond acceptors (Lipinski definition) is 5. The van der Waals surface area contributed by atoms with E-state index in [9.17, 15) is 0 Å². The van der Waals surface area contributed by atoms with Crippen LogP contribution in [0.4, 0.5) is 17.1 Å². The summed E-state index contributed by atoms with van der Waals surface area (Å²) < 4.78 is 0. The van der Waals surface area contributed by atoms with Gasteiger partial charge < -0.3 is 5.43 Å². The molecule has 0 fully saturated rings. The van der Waals surface area contributed by atoms with E-state index in [1.165, 1.54) is 33.0 Å². The van der Waals surface area contributed by atoms with Crippen LogP contribution >= 0.6 is 0 Å². The molecule has 0 radical (unpaired) electrons. The zero-order valence-corrected chi connectivity index (χ0v) is 26.6. The predicted octanol–water partition coefficient (Wildman–Crippen LogP) is 10.9. The number of nitrogens with zero attached hydrogens (tertiary/aromatic N) is 3. The summed E-state index contributed by atoms with van der Waals surface area (Å²) in [5, 5.41) is 4.49. The Morgan fingerprint density at radius 2 is 1.04 bits per heavy atom. The van der Waals surface area contributed by atoms with Crippen molar-refractivity contribution < 1.29 is 0 Å². The molecule has 2 N–H and O–H groups in total. The van der Waals surface area contributed by atoms with Gasteiger partial charge in [-0.05, 0) is 69.4 Å². The van der Waals surface area contributed by atoms with Crippen molar-refractivity contribution in [1.29, 1.82) is 0 Å². The zero-order chi connectivity index (χ0) is 32.6. The molecular weight excluding hydrogens is 599 g/mol. The maximum Gasteiger partial charge on any atom is 0.160 e. The monoisotopic (exact) mass is 629 g/mol. The highest BCUT2D eigenvalue weighted by Gasteiger charge is 2.19. The third-order valence-electron chi connectivity index (χ3n) is 9.11. The SMILES string of the molecule is c1ccc(-c2cc(-c3ccc(-c4cccc5cc(-c6ccc(N7NNc8ccccc87)cc6)ccc45)cc3)nc(-c3ccccc3)n2)cc1. The summed E-state index contributed by atoms with van der Waals surface area (Å²) in [5.74, 6) is 0.718. The maximum atomic E-state index is 5.01. The highest BCUT2D eigenvalue weighted by Crippen LogP contribution is 2.37. The van der Waals surface area contributed by atoms with Crippen LogP contribution in [-0.2, 0) is 0 Å². The van der Waals surface area contributed by atoms with Crippen molar-refractivity contribution in [3.63, 3.8) is 0 Å². The van der Waals surface area contributed by atoms with E-state index in [0.717, 1.165) is 51.0 Å². The number of hydrazine groups is 2. The van der Waals surface area contributed by atoms with Gasteiger partial charge in [0.2, 0.25) is 0 Å². The van der Waals surface area contributed by atoms with Gasteiger partial charge in [-0.2, -0.15) is 0 Å². The highest BCUT2D eigenvalue weighted by molar-refractivity contribution is 5.99. The summed E-state index contributed by atoms with van der Waals surface area (Å²) >= 11 is 0. The molecule has 9 rings (SSSR count). The molecule has 1 aromatic heterocycles. The molecule has 49 heavy (non-hydrogen) atoms. The van der Waals surface area contributed by atoms with Crippen LogP contribution in [0.1, 0.15) is 0 Å². The van der Waals surface area contributed by atoms with Crippen molar-refractivity contribution in [2.45, 2.75) is 0 Å². The molecule has 232 valence electrons. The number of anilines is 3. The summed E-state index contributed by atoms with van der Waals surface area (Å²) in [4.78, 5) is 9.95. The Labute approximate surface area is 285 Å². The lowest BCUT2D eigenvalue weighted by atomic mass is 9.94. The summed E-state index contributed by atoms with van der Waals surface area (Å²) in [6.45, 7) is 0. The van der Waals surface area contributed by atoms with Crippen LogP contribution < -0.4 is 16.0 Å². The number of fused-ring (bicyclic) bond motifs is 2. The number of para-hydroxylation sites is 2. The first-order valence-electron chi connectivity index (χ1n) is 16.4. The van der Waals surface area contributed by atoms with Gasteiger partial charge in [0, 0.05) is 16.7 Å². The van der Waals surface area contributed by atoms with Gasteiger partial charge in [0.15, 0.2) is 5.82 Å². The van der Waals surface area contributed by atoms with Crippen LogP contribution in [0.2, 0.25) is 0 Å². The van der Waals surface area contributed by atoms with E-state index in [0.29, 0.717) is 0 Å². The number of hydrogen-bond donors (Lipinski definition) is 2. The Morgan fingerprint density at radius 3 is 1.80 bits per heavy atom. The topological polar surface area (TPSA) is 53.1 Å². The minimum atomic E-state index is 0.718. The van der Waals surface area contributed by atoms with Crippen molar-refractivity contribution >= 4 is 27.8 Å². The second-order valence-corrected chi connectivity index (χ2v) is 12.1. The van der Waals surface area contributed by atoms with E-state index in [4.69, 9.17) is 9.97 Å². The fraction of sp³-hybridized carbons (Fsp3) is 0. The molecule has 1 aliphatic rings. The van der Waals surface area contributed by atoms with Gasteiger partial charge >= 0.3 is 0 Å². The van der Waals surface area contributed by atoms with Gasteiger partial charge in [0.25, 0.3) is 0 Å². The number of rotatable bonds is 6. The third-order valence-corrected chi connectivity index (χ3v) is 9.11. The molecule has 0 unspecified atom stereocenters. The molecule has 8 aromatic rings. The van der Waals surface area contributed by atoms with Gasteiger partial charge in [-0.1, -0.05) is 140 Å². The number of aromatic nitrogens is 2. The Hall–Kier alpha value is -6.56. The number of nitrogens with one attached hydrogen (secondary N) is 2. The molecule has 2 heterocycles. The van der Waals surface area contributed by atoms with E-state index in [2.05, 4.69) is 143 Å². The Bertz CT molecular complexity index is 2370. The second kappa shape index (κ2) is 12.2. The van der Waals surface area contributed by atoms with Crippen molar-refractivity contribution in [2.24, 2.45) is 0 Å². The zero-order valence-electron chi connectivity index (χ0n) is 26.6. The lowest BCUT2D eigenvalue weighted by Crippen LogP contribution is -2.31. The average molecular weight is 630 g/mol. The second-order valence-electron chi connectivity index (χ2n) is 12.1. The Morgan fingerprint density at radius 1 is 0.429 bits per heavy atom. The van der Waals surface area contributed by atoms with Gasteiger partial charge in [0.1, 0.15) is 0 Å². The predicted molar refractivity (Wildman–Crippen MR) is 202 cm³/mol. The molecule has 5 heteroatoms. The molecular formula is C44H31N5. The van der Waals surface area contributed by atoms with Crippen molar-refractivity contribution in [3.8, 4) is 56.2 Å². The molecule has 0 amide bonds. The molecule has 5 nitrogen and oxygen atoms in total. The smallest absolute Gasteiger partial charge is 0.160 e. The van der Waals surface area contributed by atoms with Gasteiger partial charge in [-0.3, -0.25) is 5.01 Å². The van der Waals surface area contributed by atoms with Crippen molar-refractivity contribution in [2.75, 3.05) is 10.4 Å². The molecule has 0 saturated heterocycles. The molecule has 0 bridgehead atoms. The molecule has 0 atom stereocenters. The first-order chi connectivity index (χ1) is 24.3. The lowest BCUT2D eigenvalue weighted by molar-refractivity contribution is 0.863. The standard InChI is InChI=1S/C44H31N5/c1-3-10-32(11-4-1)41-29-42(46-44(45-41)34-12-5-2-6-13-34)33-20-18-31(19-21-33)38-15-9-14-36-28-35(24-27-39(36)38)30-22-25-37(26-23-30)49-43-17-8-7-16-40(43)47-48-49/h1-29,47-48H. The van der Waals surface area contributed by atoms with E-state index in [-0.39, 0.29) is 0 Å². The largest absolute Gasteiger partial charge is 0.301 e. The Kier molecular flexibility index (Phi) is 7.15. The van der Waals surface area contributed by atoms with Crippen LogP contribution in [-0.4, -0.2) is 9.97 Å². The van der Waals surface area contributed by atoms with Crippen molar-refractivity contribution in [3.05, 3.63) is 176 Å². The Balaban J connectivity index is 1.02. The minimum absolute atomic E-state index is 0.718.